The van der Waals surface area contributed by atoms with Crippen LogP contribution in [0.2, 0.25) is 0 Å². The molecule has 0 atom stereocenters. The van der Waals surface area contributed by atoms with E-state index in [1.165, 1.54) is 5.69 Å². The van der Waals surface area contributed by atoms with E-state index in [1.807, 2.05) is 24.3 Å². The summed E-state index contributed by atoms with van der Waals surface area (Å²) in [6.07, 6.45) is 3.48. The molecule has 20 heavy (non-hydrogen) atoms. The second-order valence-corrected chi connectivity index (χ2v) is 5.66. The maximum Gasteiger partial charge on any atom is 0.226 e. The Labute approximate surface area is 121 Å². The zero-order valence-electron chi connectivity index (χ0n) is 12.5. The molecule has 0 aromatic heterocycles. The molecule has 2 rings (SSSR count). The van der Waals surface area contributed by atoms with Gasteiger partial charge in [0.1, 0.15) is 0 Å². The quantitative estimate of drug-likeness (QED) is 0.839. The minimum atomic E-state index is -0.259. The van der Waals surface area contributed by atoms with Gasteiger partial charge in [0.15, 0.2) is 0 Å². The van der Waals surface area contributed by atoms with Gasteiger partial charge in [-0.25, -0.2) is 0 Å². The Balaban J connectivity index is 1.91. The van der Waals surface area contributed by atoms with Gasteiger partial charge in [-0.3, -0.25) is 4.79 Å². The molecular formula is C16H25N3O. The molecular weight excluding hydrogens is 250 g/mol. The van der Waals surface area contributed by atoms with E-state index in [0.717, 1.165) is 38.0 Å². The highest BCUT2D eigenvalue weighted by Crippen LogP contribution is 2.32. The fraction of sp³-hybridized carbons (Fsp3) is 0.562. The molecule has 1 aliphatic rings. The van der Waals surface area contributed by atoms with Gasteiger partial charge in [0.2, 0.25) is 5.91 Å². The molecule has 4 nitrogen and oxygen atoms in total. The summed E-state index contributed by atoms with van der Waals surface area (Å²) in [6, 6.07) is 8.00. The normalized spacial score (nSPS) is 16.4. The lowest BCUT2D eigenvalue weighted by Gasteiger charge is -2.37. The van der Waals surface area contributed by atoms with Crippen LogP contribution in [-0.2, 0) is 4.79 Å². The molecule has 4 heteroatoms. The molecule has 1 aliphatic carbocycles. The van der Waals surface area contributed by atoms with E-state index in [0.29, 0.717) is 6.42 Å². The monoisotopic (exact) mass is 275 g/mol. The largest absolute Gasteiger partial charge is 0.372 e. The van der Waals surface area contributed by atoms with Crippen molar-refractivity contribution in [3.63, 3.8) is 0 Å². The molecule has 0 unspecified atom stereocenters. The van der Waals surface area contributed by atoms with Gasteiger partial charge >= 0.3 is 0 Å². The third-order valence-corrected chi connectivity index (χ3v) is 4.14. The van der Waals surface area contributed by atoms with Crippen LogP contribution in [0.3, 0.4) is 0 Å². The van der Waals surface area contributed by atoms with Crippen molar-refractivity contribution in [3.8, 4) is 0 Å². The Bertz CT molecular complexity index is 447. The summed E-state index contributed by atoms with van der Waals surface area (Å²) in [5.74, 6) is 0.0165. The van der Waals surface area contributed by atoms with Crippen LogP contribution in [0.25, 0.3) is 0 Å². The van der Waals surface area contributed by atoms with Gasteiger partial charge in [-0.1, -0.05) is 0 Å². The van der Waals surface area contributed by atoms with Gasteiger partial charge in [-0.15, -0.1) is 0 Å². The first-order valence-electron chi connectivity index (χ1n) is 7.50. The zero-order chi connectivity index (χ0) is 14.6. The van der Waals surface area contributed by atoms with E-state index >= 15 is 0 Å². The molecule has 0 radical (unpaired) electrons. The molecule has 0 heterocycles. The molecule has 1 amide bonds. The fourth-order valence-electron chi connectivity index (χ4n) is 2.68. The lowest BCUT2D eigenvalue weighted by atomic mass is 9.75. The Morgan fingerprint density at radius 2 is 1.85 bits per heavy atom. The Kier molecular flexibility index (Phi) is 4.65. The van der Waals surface area contributed by atoms with Gasteiger partial charge in [0.25, 0.3) is 0 Å². The number of hydrogen-bond donors (Lipinski definition) is 2. The Morgan fingerprint density at radius 1 is 1.25 bits per heavy atom. The van der Waals surface area contributed by atoms with Crippen LogP contribution in [0, 0.1) is 0 Å². The van der Waals surface area contributed by atoms with Crippen LogP contribution in [0.5, 0.6) is 0 Å². The predicted octanol–water partition coefficient (Wildman–Crippen LogP) is 2.74. The summed E-state index contributed by atoms with van der Waals surface area (Å²) in [5.41, 5.74) is 7.86. The van der Waals surface area contributed by atoms with Crippen LogP contribution < -0.4 is 16.0 Å². The number of nitrogens with one attached hydrogen (secondary N) is 1. The summed E-state index contributed by atoms with van der Waals surface area (Å²) in [6.45, 7) is 6.24. The predicted molar refractivity (Wildman–Crippen MR) is 84.0 cm³/mol. The van der Waals surface area contributed by atoms with Crippen molar-refractivity contribution < 1.29 is 4.79 Å². The maximum atomic E-state index is 12.0. The Morgan fingerprint density at radius 3 is 2.30 bits per heavy atom. The van der Waals surface area contributed by atoms with Crippen molar-refractivity contribution in [3.05, 3.63) is 24.3 Å². The molecule has 0 bridgehead atoms. The number of carbonyl (C=O) groups is 1. The summed E-state index contributed by atoms with van der Waals surface area (Å²) in [4.78, 5) is 14.2. The summed E-state index contributed by atoms with van der Waals surface area (Å²) < 4.78 is 0. The van der Waals surface area contributed by atoms with Crippen molar-refractivity contribution in [2.24, 2.45) is 5.73 Å². The minimum absolute atomic E-state index is 0.0165. The van der Waals surface area contributed by atoms with E-state index in [1.54, 1.807) is 0 Å². The SMILES string of the molecule is CCN(CC)c1ccc(NC(=O)CC2(N)CCC2)cc1. The standard InChI is InChI=1S/C16H25N3O/c1-3-19(4-2)14-8-6-13(7-9-14)18-15(20)12-16(17)10-5-11-16/h6-9H,3-5,10-12,17H2,1-2H3,(H,18,20). The number of anilines is 2. The minimum Gasteiger partial charge on any atom is -0.372 e. The van der Waals surface area contributed by atoms with E-state index in [2.05, 4.69) is 24.1 Å². The molecule has 110 valence electrons. The molecule has 3 N–H and O–H groups in total. The lowest BCUT2D eigenvalue weighted by molar-refractivity contribution is -0.118. The lowest BCUT2D eigenvalue weighted by Crippen LogP contribution is -2.48. The molecule has 0 saturated heterocycles. The number of carbonyl (C=O) groups excluding carboxylic acids is 1. The van der Waals surface area contributed by atoms with Gasteiger partial charge in [0.05, 0.1) is 0 Å². The van der Waals surface area contributed by atoms with Crippen molar-refractivity contribution >= 4 is 17.3 Å². The first-order chi connectivity index (χ1) is 9.56. The molecule has 1 aromatic carbocycles. The van der Waals surface area contributed by atoms with Crippen molar-refractivity contribution in [2.75, 3.05) is 23.3 Å². The number of nitrogens with two attached hydrogens (primary N) is 1. The number of hydrogen-bond acceptors (Lipinski definition) is 3. The van der Waals surface area contributed by atoms with Gasteiger partial charge in [-0.05, 0) is 57.4 Å². The van der Waals surface area contributed by atoms with E-state index < -0.39 is 0 Å². The van der Waals surface area contributed by atoms with Gasteiger partial charge in [-0.2, -0.15) is 0 Å². The Hall–Kier alpha value is -1.55. The zero-order valence-corrected chi connectivity index (χ0v) is 12.5. The first-order valence-corrected chi connectivity index (χ1v) is 7.50. The van der Waals surface area contributed by atoms with Gasteiger partial charge in [0, 0.05) is 36.4 Å². The molecule has 1 saturated carbocycles. The van der Waals surface area contributed by atoms with Crippen LogP contribution in [0.4, 0.5) is 11.4 Å². The van der Waals surface area contributed by atoms with E-state index in [4.69, 9.17) is 5.73 Å². The fourth-order valence-corrected chi connectivity index (χ4v) is 2.68. The average molecular weight is 275 g/mol. The smallest absolute Gasteiger partial charge is 0.226 e. The summed E-state index contributed by atoms with van der Waals surface area (Å²) >= 11 is 0. The van der Waals surface area contributed by atoms with Crippen LogP contribution in [-0.4, -0.2) is 24.5 Å². The van der Waals surface area contributed by atoms with Crippen LogP contribution in [0.15, 0.2) is 24.3 Å². The highest BCUT2D eigenvalue weighted by atomic mass is 16.1. The molecule has 1 aromatic rings. The molecule has 0 spiro atoms. The van der Waals surface area contributed by atoms with E-state index in [9.17, 15) is 4.79 Å². The second kappa shape index (κ2) is 6.27. The number of rotatable bonds is 6. The van der Waals surface area contributed by atoms with Crippen molar-refractivity contribution in [1.29, 1.82) is 0 Å². The third kappa shape index (κ3) is 3.51. The van der Waals surface area contributed by atoms with Crippen LogP contribution >= 0.6 is 0 Å². The molecule has 0 aliphatic heterocycles. The number of nitrogens with zero attached hydrogens (tertiary/aromatic N) is 1. The molecule has 1 fully saturated rings. The van der Waals surface area contributed by atoms with Crippen molar-refractivity contribution in [2.45, 2.75) is 45.1 Å². The second-order valence-electron chi connectivity index (χ2n) is 5.66. The third-order valence-electron chi connectivity index (χ3n) is 4.14. The summed E-state index contributed by atoms with van der Waals surface area (Å²) in [7, 11) is 0. The van der Waals surface area contributed by atoms with Crippen molar-refractivity contribution in [1.82, 2.24) is 0 Å². The van der Waals surface area contributed by atoms with E-state index in [-0.39, 0.29) is 11.4 Å². The van der Waals surface area contributed by atoms with Gasteiger partial charge < -0.3 is 16.0 Å². The maximum absolute atomic E-state index is 12.0. The number of benzene rings is 1. The highest BCUT2D eigenvalue weighted by Gasteiger charge is 2.34. The summed E-state index contributed by atoms with van der Waals surface area (Å²) in [5, 5.41) is 2.93. The number of amides is 1. The van der Waals surface area contributed by atoms with Crippen LogP contribution in [0.1, 0.15) is 39.5 Å². The average Bonchev–Trinajstić information content (AvgIpc) is 2.40. The topological polar surface area (TPSA) is 58.4 Å². The first kappa shape index (κ1) is 14.9. The highest BCUT2D eigenvalue weighted by molar-refractivity contribution is 5.91.